The molecule has 1 heterocycles. The number of hydrogen-bond donors (Lipinski definition) is 2. The van der Waals surface area contributed by atoms with Crippen molar-refractivity contribution in [2.24, 2.45) is 0 Å². The van der Waals surface area contributed by atoms with Gasteiger partial charge in [-0.25, -0.2) is 4.39 Å². The highest BCUT2D eigenvalue weighted by molar-refractivity contribution is 5.94. The number of hydrogen-bond acceptors (Lipinski definition) is 7. The standard InChI is InChI=1S/C23H25FN2O6/c1-14-20(15(2)32-26-14)13-31-21-8-7-16(9-22(21)29-3)23(28)25-11-18(27)12-30-19-6-4-5-17(24)10-19/h4-10,18,27H,11-13H2,1-3H3,(H,25,28). The van der Waals surface area contributed by atoms with Crippen LogP contribution >= 0.6 is 0 Å². The first-order valence-electron chi connectivity index (χ1n) is 9.94. The van der Waals surface area contributed by atoms with Crippen LogP contribution in [0, 0.1) is 19.7 Å². The molecule has 1 amide bonds. The van der Waals surface area contributed by atoms with Crippen LogP contribution in [0.25, 0.3) is 0 Å². The van der Waals surface area contributed by atoms with Gasteiger partial charge in [-0.1, -0.05) is 11.2 Å². The lowest BCUT2D eigenvalue weighted by atomic mass is 10.1. The molecule has 2 N–H and O–H groups in total. The molecule has 170 valence electrons. The van der Waals surface area contributed by atoms with E-state index in [0.717, 1.165) is 11.3 Å². The van der Waals surface area contributed by atoms with Crippen LogP contribution in [0.2, 0.25) is 0 Å². The molecule has 0 radical (unpaired) electrons. The SMILES string of the molecule is COc1cc(C(=O)NCC(O)COc2cccc(F)c2)ccc1OCc1c(C)noc1C. The van der Waals surface area contributed by atoms with Gasteiger partial charge in [-0.2, -0.15) is 0 Å². The fourth-order valence-electron chi connectivity index (χ4n) is 2.91. The molecule has 0 saturated heterocycles. The summed E-state index contributed by atoms with van der Waals surface area (Å²) < 4.78 is 34.8. The van der Waals surface area contributed by atoms with Crippen LogP contribution in [0.5, 0.6) is 17.2 Å². The number of nitrogens with one attached hydrogen (secondary N) is 1. The molecule has 0 saturated carbocycles. The van der Waals surface area contributed by atoms with E-state index in [-0.39, 0.29) is 19.8 Å². The van der Waals surface area contributed by atoms with E-state index in [2.05, 4.69) is 10.5 Å². The number of methoxy groups -OCH3 is 1. The minimum Gasteiger partial charge on any atom is -0.493 e. The van der Waals surface area contributed by atoms with E-state index in [1.54, 1.807) is 31.2 Å². The smallest absolute Gasteiger partial charge is 0.251 e. The fraction of sp³-hybridized carbons (Fsp3) is 0.304. The molecule has 3 rings (SSSR count). The molecule has 1 unspecified atom stereocenters. The number of aliphatic hydroxyl groups is 1. The first-order valence-corrected chi connectivity index (χ1v) is 9.94. The maximum atomic E-state index is 13.2. The van der Waals surface area contributed by atoms with Gasteiger partial charge in [0.25, 0.3) is 5.91 Å². The van der Waals surface area contributed by atoms with E-state index < -0.39 is 17.8 Å². The van der Waals surface area contributed by atoms with Crippen LogP contribution in [0.15, 0.2) is 47.0 Å². The van der Waals surface area contributed by atoms with Crippen molar-refractivity contribution in [1.82, 2.24) is 10.5 Å². The van der Waals surface area contributed by atoms with Crippen molar-refractivity contribution in [3.8, 4) is 17.2 Å². The first-order chi connectivity index (χ1) is 15.4. The van der Waals surface area contributed by atoms with Crippen molar-refractivity contribution in [3.05, 3.63) is 70.9 Å². The minimum absolute atomic E-state index is 0.0409. The summed E-state index contributed by atoms with van der Waals surface area (Å²) in [6.45, 7) is 3.75. The number of nitrogens with zero attached hydrogens (tertiary/aromatic N) is 1. The highest BCUT2D eigenvalue weighted by Crippen LogP contribution is 2.29. The predicted octanol–water partition coefficient (Wildman–Crippen LogP) is 3.19. The molecule has 1 aromatic heterocycles. The molecule has 32 heavy (non-hydrogen) atoms. The van der Waals surface area contributed by atoms with Crippen molar-refractivity contribution in [3.63, 3.8) is 0 Å². The third-order valence-electron chi connectivity index (χ3n) is 4.72. The Labute approximate surface area is 184 Å². The van der Waals surface area contributed by atoms with Crippen LogP contribution in [0.4, 0.5) is 4.39 Å². The van der Waals surface area contributed by atoms with Gasteiger partial charge in [0.2, 0.25) is 0 Å². The molecule has 2 aromatic carbocycles. The average Bonchev–Trinajstić information content (AvgIpc) is 3.11. The summed E-state index contributed by atoms with van der Waals surface area (Å²) in [4.78, 5) is 12.5. The Hall–Kier alpha value is -3.59. The Kier molecular flexibility index (Phi) is 7.67. The Morgan fingerprint density at radius 1 is 1.19 bits per heavy atom. The second-order valence-corrected chi connectivity index (χ2v) is 7.09. The van der Waals surface area contributed by atoms with E-state index in [9.17, 15) is 14.3 Å². The summed E-state index contributed by atoms with van der Waals surface area (Å²) in [7, 11) is 1.48. The van der Waals surface area contributed by atoms with E-state index >= 15 is 0 Å². The van der Waals surface area contributed by atoms with Crippen LogP contribution < -0.4 is 19.5 Å². The van der Waals surface area contributed by atoms with E-state index in [1.165, 1.54) is 25.3 Å². The summed E-state index contributed by atoms with van der Waals surface area (Å²) in [5, 5.41) is 16.6. The molecule has 0 bridgehead atoms. The molecule has 3 aromatic rings. The number of carbonyl (C=O) groups excluding carboxylic acids is 1. The fourth-order valence-corrected chi connectivity index (χ4v) is 2.91. The zero-order valence-electron chi connectivity index (χ0n) is 18.1. The molecule has 0 aliphatic carbocycles. The number of carbonyl (C=O) groups is 1. The van der Waals surface area contributed by atoms with Crippen LogP contribution in [0.3, 0.4) is 0 Å². The van der Waals surface area contributed by atoms with Crippen molar-refractivity contribution >= 4 is 5.91 Å². The number of aliphatic hydroxyl groups excluding tert-OH is 1. The Morgan fingerprint density at radius 2 is 2.00 bits per heavy atom. The van der Waals surface area contributed by atoms with Gasteiger partial charge >= 0.3 is 0 Å². The highest BCUT2D eigenvalue weighted by Gasteiger charge is 2.15. The lowest BCUT2D eigenvalue weighted by molar-refractivity contribution is 0.0843. The largest absolute Gasteiger partial charge is 0.493 e. The summed E-state index contributed by atoms with van der Waals surface area (Å²) >= 11 is 0. The Morgan fingerprint density at radius 3 is 2.69 bits per heavy atom. The monoisotopic (exact) mass is 444 g/mol. The van der Waals surface area contributed by atoms with Crippen molar-refractivity contribution in [2.45, 2.75) is 26.6 Å². The average molecular weight is 444 g/mol. The van der Waals surface area contributed by atoms with Gasteiger partial charge in [-0.05, 0) is 44.2 Å². The van der Waals surface area contributed by atoms with E-state index in [4.69, 9.17) is 18.7 Å². The van der Waals surface area contributed by atoms with Gasteiger partial charge in [0.15, 0.2) is 11.5 Å². The summed E-state index contributed by atoms with van der Waals surface area (Å²) in [6.07, 6.45) is -0.971. The maximum Gasteiger partial charge on any atom is 0.251 e. The van der Waals surface area contributed by atoms with Gasteiger partial charge in [0.1, 0.15) is 36.6 Å². The molecule has 1 atom stereocenters. The van der Waals surface area contributed by atoms with Crippen LogP contribution in [0.1, 0.15) is 27.4 Å². The lowest BCUT2D eigenvalue weighted by Crippen LogP contribution is -2.35. The normalized spacial score (nSPS) is 11.7. The molecule has 0 fully saturated rings. The number of ether oxygens (including phenoxy) is 3. The van der Waals surface area contributed by atoms with E-state index in [0.29, 0.717) is 28.6 Å². The van der Waals surface area contributed by atoms with Gasteiger partial charge < -0.3 is 29.2 Å². The second kappa shape index (κ2) is 10.6. The molecule has 0 spiro atoms. The van der Waals surface area contributed by atoms with Crippen molar-refractivity contribution in [2.75, 3.05) is 20.3 Å². The molecule has 9 heteroatoms. The van der Waals surface area contributed by atoms with Gasteiger partial charge in [-0.15, -0.1) is 0 Å². The summed E-state index contributed by atoms with van der Waals surface area (Å²) in [5.41, 5.74) is 1.94. The molecular formula is C23H25FN2O6. The number of benzene rings is 2. The number of amides is 1. The third kappa shape index (κ3) is 5.98. The maximum absolute atomic E-state index is 13.2. The summed E-state index contributed by atoms with van der Waals surface area (Å²) in [5.74, 6) is 1.00. The van der Waals surface area contributed by atoms with Gasteiger partial charge in [0.05, 0.1) is 18.4 Å². The van der Waals surface area contributed by atoms with Crippen molar-refractivity contribution < 1.29 is 33.0 Å². The Balaban J connectivity index is 1.53. The number of aromatic nitrogens is 1. The molecular weight excluding hydrogens is 419 g/mol. The van der Waals surface area contributed by atoms with Crippen LogP contribution in [-0.4, -0.2) is 42.5 Å². The number of halogens is 1. The molecule has 0 aliphatic rings. The summed E-state index contributed by atoms with van der Waals surface area (Å²) in [6, 6.07) is 10.4. The molecule has 0 aliphatic heterocycles. The zero-order valence-corrected chi connectivity index (χ0v) is 18.1. The first kappa shape index (κ1) is 23.1. The van der Waals surface area contributed by atoms with Gasteiger partial charge in [0, 0.05) is 18.2 Å². The third-order valence-corrected chi connectivity index (χ3v) is 4.72. The van der Waals surface area contributed by atoms with Crippen molar-refractivity contribution in [1.29, 1.82) is 0 Å². The Bertz CT molecular complexity index is 1050. The lowest BCUT2D eigenvalue weighted by Gasteiger charge is -2.15. The number of aryl methyl sites for hydroxylation is 2. The van der Waals surface area contributed by atoms with Gasteiger partial charge in [-0.3, -0.25) is 4.79 Å². The minimum atomic E-state index is -0.971. The van der Waals surface area contributed by atoms with E-state index in [1.807, 2.05) is 6.92 Å². The quantitative estimate of drug-likeness (QED) is 0.495. The van der Waals surface area contributed by atoms with Crippen LogP contribution in [-0.2, 0) is 6.61 Å². The molecule has 8 nitrogen and oxygen atoms in total. The highest BCUT2D eigenvalue weighted by atomic mass is 19.1. The predicted molar refractivity (Wildman–Crippen MR) is 114 cm³/mol. The zero-order chi connectivity index (χ0) is 23.1. The topological polar surface area (TPSA) is 103 Å². The number of rotatable bonds is 10. The second-order valence-electron chi connectivity index (χ2n) is 7.09.